The van der Waals surface area contributed by atoms with Gasteiger partial charge in [0.05, 0.1) is 10.6 Å². The predicted molar refractivity (Wildman–Crippen MR) is 75.9 cm³/mol. The van der Waals surface area contributed by atoms with Crippen LogP contribution < -0.4 is 4.74 Å². The highest BCUT2D eigenvalue weighted by atomic mass is 79.9. The SMILES string of the molecule is CCC(O)c1ccccc1Oc1ccccc1Br. The maximum Gasteiger partial charge on any atom is 0.141 e. The number of aliphatic hydroxyl groups excluding tert-OH is 1. The van der Waals surface area contributed by atoms with Crippen molar-refractivity contribution in [3.05, 3.63) is 58.6 Å². The standard InChI is InChI=1S/C15H15BrO2/c1-2-13(17)11-7-3-5-9-14(11)18-15-10-6-4-8-12(15)16/h3-10,13,17H,2H2,1H3. The van der Waals surface area contributed by atoms with Crippen molar-refractivity contribution in [2.45, 2.75) is 19.4 Å². The van der Waals surface area contributed by atoms with Crippen LogP contribution in [-0.2, 0) is 0 Å². The van der Waals surface area contributed by atoms with Gasteiger partial charge in [-0.25, -0.2) is 0 Å². The molecular formula is C15H15BrO2. The van der Waals surface area contributed by atoms with E-state index in [4.69, 9.17) is 4.74 Å². The molecule has 1 unspecified atom stereocenters. The second kappa shape index (κ2) is 6.03. The second-order valence-electron chi connectivity index (χ2n) is 3.99. The largest absolute Gasteiger partial charge is 0.456 e. The van der Waals surface area contributed by atoms with Gasteiger partial charge in [0.15, 0.2) is 0 Å². The molecule has 0 bridgehead atoms. The van der Waals surface area contributed by atoms with E-state index in [9.17, 15) is 5.11 Å². The molecule has 0 aromatic heterocycles. The van der Waals surface area contributed by atoms with Crippen LogP contribution in [0.4, 0.5) is 0 Å². The van der Waals surface area contributed by atoms with Gasteiger partial charge in [-0.3, -0.25) is 0 Å². The molecule has 3 heteroatoms. The highest BCUT2D eigenvalue weighted by Crippen LogP contribution is 2.34. The fourth-order valence-corrected chi connectivity index (χ4v) is 2.08. The molecule has 0 heterocycles. The van der Waals surface area contributed by atoms with Gasteiger partial charge in [0.25, 0.3) is 0 Å². The van der Waals surface area contributed by atoms with Gasteiger partial charge in [0.2, 0.25) is 0 Å². The number of halogens is 1. The van der Waals surface area contributed by atoms with Crippen LogP contribution in [0.2, 0.25) is 0 Å². The second-order valence-corrected chi connectivity index (χ2v) is 4.85. The minimum Gasteiger partial charge on any atom is -0.456 e. The van der Waals surface area contributed by atoms with Gasteiger partial charge in [0, 0.05) is 5.56 Å². The quantitative estimate of drug-likeness (QED) is 0.888. The molecule has 0 aliphatic heterocycles. The Bertz CT molecular complexity index is 525. The average molecular weight is 307 g/mol. The summed E-state index contributed by atoms with van der Waals surface area (Å²) in [5.41, 5.74) is 0.816. The maximum absolute atomic E-state index is 9.97. The minimum atomic E-state index is -0.497. The number of hydrogen-bond donors (Lipinski definition) is 1. The van der Waals surface area contributed by atoms with E-state index in [-0.39, 0.29) is 0 Å². The van der Waals surface area contributed by atoms with Crippen molar-refractivity contribution in [3.8, 4) is 11.5 Å². The van der Waals surface area contributed by atoms with Gasteiger partial charge in [-0.05, 0) is 40.5 Å². The van der Waals surface area contributed by atoms with Crippen molar-refractivity contribution in [2.24, 2.45) is 0 Å². The first-order valence-corrected chi connectivity index (χ1v) is 6.71. The highest BCUT2D eigenvalue weighted by Gasteiger charge is 2.12. The van der Waals surface area contributed by atoms with Crippen LogP contribution >= 0.6 is 15.9 Å². The molecule has 0 amide bonds. The molecule has 0 spiro atoms. The predicted octanol–water partition coefficient (Wildman–Crippen LogP) is 4.68. The summed E-state index contributed by atoms with van der Waals surface area (Å²) < 4.78 is 6.75. The van der Waals surface area contributed by atoms with Gasteiger partial charge in [-0.2, -0.15) is 0 Å². The van der Waals surface area contributed by atoms with E-state index < -0.39 is 6.10 Å². The van der Waals surface area contributed by atoms with Crippen molar-refractivity contribution >= 4 is 15.9 Å². The van der Waals surface area contributed by atoms with E-state index in [1.807, 2.05) is 55.5 Å². The maximum atomic E-state index is 9.97. The van der Waals surface area contributed by atoms with Crippen molar-refractivity contribution < 1.29 is 9.84 Å². The number of para-hydroxylation sites is 2. The van der Waals surface area contributed by atoms with Crippen LogP contribution in [0, 0.1) is 0 Å². The van der Waals surface area contributed by atoms with Crippen LogP contribution in [0.1, 0.15) is 25.0 Å². The summed E-state index contributed by atoms with van der Waals surface area (Å²) in [7, 11) is 0. The van der Waals surface area contributed by atoms with E-state index in [2.05, 4.69) is 15.9 Å². The average Bonchev–Trinajstić information content (AvgIpc) is 2.41. The molecule has 0 radical (unpaired) electrons. The van der Waals surface area contributed by atoms with Gasteiger partial charge in [-0.1, -0.05) is 37.3 Å². The van der Waals surface area contributed by atoms with Crippen LogP contribution in [-0.4, -0.2) is 5.11 Å². The minimum absolute atomic E-state index is 0.497. The molecule has 0 aliphatic rings. The third-order valence-electron chi connectivity index (χ3n) is 2.72. The molecule has 2 aromatic carbocycles. The molecule has 2 aromatic rings. The Balaban J connectivity index is 2.32. The smallest absolute Gasteiger partial charge is 0.141 e. The van der Waals surface area contributed by atoms with Gasteiger partial charge < -0.3 is 9.84 Å². The van der Waals surface area contributed by atoms with E-state index in [0.717, 1.165) is 15.8 Å². The molecule has 1 atom stereocenters. The van der Waals surface area contributed by atoms with Crippen LogP contribution in [0.15, 0.2) is 53.0 Å². The summed E-state index contributed by atoms with van der Waals surface area (Å²) in [5, 5.41) is 9.97. The molecular weight excluding hydrogens is 292 g/mol. The third-order valence-corrected chi connectivity index (χ3v) is 3.38. The first kappa shape index (κ1) is 13.1. The molecule has 2 nitrogen and oxygen atoms in total. The van der Waals surface area contributed by atoms with Crippen LogP contribution in [0.3, 0.4) is 0 Å². The first-order valence-electron chi connectivity index (χ1n) is 5.91. The van der Waals surface area contributed by atoms with Crippen molar-refractivity contribution in [1.82, 2.24) is 0 Å². The summed E-state index contributed by atoms with van der Waals surface area (Å²) in [5.74, 6) is 1.44. The molecule has 0 aliphatic carbocycles. The van der Waals surface area contributed by atoms with Crippen molar-refractivity contribution in [3.63, 3.8) is 0 Å². The van der Waals surface area contributed by atoms with Crippen LogP contribution in [0.25, 0.3) is 0 Å². The Morgan fingerprint density at radius 2 is 1.67 bits per heavy atom. The summed E-state index contributed by atoms with van der Waals surface area (Å²) in [6.07, 6.45) is 0.166. The number of benzene rings is 2. The molecule has 0 saturated heterocycles. The Kier molecular flexibility index (Phi) is 4.39. The third kappa shape index (κ3) is 2.92. The molecule has 0 saturated carbocycles. The van der Waals surface area contributed by atoms with Gasteiger partial charge in [0.1, 0.15) is 11.5 Å². The summed E-state index contributed by atoms with van der Waals surface area (Å²) in [6, 6.07) is 15.2. The summed E-state index contributed by atoms with van der Waals surface area (Å²) in [4.78, 5) is 0. The Morgan fingerprint density at radius 3 is 2.33 bits per heavy atom. The summed E-state index contributed by atoms with van der Waals surface area (Å²) >= 11 is 3.44. The monoisotopic (exact) mass is 306 g/mol. The van der Waals surface area contributed by atoms with E-state index >= 15 is 0 Å². The lowest BCUT2D eigenvalue weighted by atomic mass is 10.1. The van der Waals surface area contributed by atoms with Crippen molar-refractivity contribution in [1.29, 1.82) is 0 Å². The van der Waals surface area contributed by atoms with Crippen LogP contribution in [0.5, 0.6) is 11.5 Å². The van der Waals surface area contributed by atoms with Gasteiger partial charge in [-0.15, -0.1) is 0 Å². The lowest BCUT2D eigenvalue weighted by Crippen LogP contribution is -1.98. The van der Waals surface area contributed by atoms with Gasteiger partial charge >= 0.3 is 0 Å². The zero-order chi connectivity index (χ0) is 13.0. The normalized spacial score (nSPS) is 12.2. The summed E-state index contributed by atoms with van der Waals surface area (Å²) in [6.45, 7) is 1.94. The van der Waals surface area contributed by atoms with E-state index in [1.54, 1.807) is 0 Å². The molecule has 0 fully saturated rings. The molecule has 1 N–H and O–H groups in total. The number of aliphatic hydroxyl groups is 1. The Hall–Kier alpha value is -1.32. The number of hydrogen-bond acceptors (Lipinski definition) is 2. The molecule has 94 valence electrons. The van der Waals surface area contributed by atoms with E-state index in [1.165, 1.54) is 0 Å². The lowest BCUT2D eigenvalue weighted by molar-refractivity contribution is 0.170. The Labute approximate surface area is 115 Å². The zero-order valence-electron chi connectivity index (χ0n) is 10.1. The topological polar surface area (TPSA) is 29.5 Å². The fourth-order valence-electron chi connectivity index (χ4n) is 1.71. The van der Waals surface area contributed by atoms with E-state index in [0.29, 0.717) is 12.2 Å². The number of rotatable bonds is 4. The lowest BCUT2D eigenvalue weighted by Gasteiger charge is -2.15. The highest BCUT2D eigenvalue weighted by molar-refractivity contribution is 9.10. The number of ether oxygens (including phenoxy) is 1. The Morgan fingerprint density at radius 1 is 1.06 bits per heavy atom. The molecule has 2 rings (SSSR count). The first-order chi connectivity index (χ1) is 8.72. The zero-order valence-corrected chi connectivity index (χ0v) is 11.7. The molecule has 18 heavy (non-hydrogen) atoms. The van der Waals surface area contributed by atoms with Crippen molar-refractivity contribution in [2.75, 3.05) is 0 Å². The fraction of sp³-hybridized carbons (Fsp3) is 0.200.